The number of fused-ring (bicyclic) bond motifs is 4. The number of hydrogen-bond donors (Lipinski definition) is 2. The van der Waals surface area contributed by atoms with Crippen LogP contribution >= 0.6 is 23.1 Å². The first-order valence-electron chi connectivity index (χ1n) is 15.3. The molecule has 6 heterocycles. The molecule has 2 unspecified atom stereocenters. The molecular weight excluding hydrogens is 567 g/mol. The molecule has 220 valence electrons. The maximum Gasteiger partial charge on any atom is 0.320 e. The van der Waals surface area contributed by atoms with Gasteiger partial charge < -0.3 is 30.5 Å². The molecule has 2 atom stereocenters. The van der Waals surface area contributed by atoms with E-state index in [0.29, 0.717) is 52.5 Å². The molecule has 2 bridgehead atoms. The highest BCUT2D eigenvalue weighted by molar-refractivity contribution is 7.99. The summed E-state index contributed by atoms with van der Waals surface area (Å²) >= 11 is 3.61. The summed E-state index contributed by atoms with van der Waals surface area (Å²) in [5, 5.41) is 24.7. The number of aromatic nitrogens is 2. The number of hydrogen-bond acceptors (Lipinski definition) is 12. The lowest BCUT2D eigenvalue weighted by atomic mass is 9.74. The Kier molecular flexibility index (Phi) is 6.49. The molecule has 4 saturated heterocycles. The van der Waals surface area contributed by atoms with Crippen LogP contribution in [0.1, 0.15) is 53.7 Å². The number of anilines is 3. The molecule has 2 aliphatic carbocycles. The second-order valence-electron chi connectivity index (χ2n) is 13.2. The van der Waals surface area contributed by atoms with Crippen molar-refractivity contribution in [3.05, 3.63) is 21.6 Å². The zero-order valence-electron chi connectivity index (χ0n) is 23.9. The Morgan fingerprint density at radius 1 is 0.976 bits per heavy atom. The van der Waals surface area contributed by atoms with E-state index in [0.717, 1.165) is 77.1 Å². The number of nitrogens with two attached hydrogens (primary N) is 1. The van der Waals surface area contributed by atoms with Crippen LogP contribution in [0, 0.1) is 28.1 Å². The fraction of sp³-hybridized carbons (Fsp3) is 0.667. The summed E-state index contributed by atoms with van der Waals surface area (Å²) in [5.74, 6) is 3.80. The molecule has 12 heteroatoms. The number of piperazine rings is 1. The van der Waals surface area contributed by atoms with E-state index in [1.165, 1.54) is 29.2 Å². The fourth-order valence-electron chi connectivity index (χ4n) is 7.96. The monoisotopic (exact) mass is 603 g/mol. The number of nitrogens with zero attached hydrogens (tertiary/aromatic N) is 7. The number of aryl methyl sites for hydroxylation is 1. The van der Waals surface area contributed by atoms with E-state index in [1.54, 1.807) is 11.3 Å². The van der Waals surface area contributed by atoms with E-state index in [-0.39, 0.29) is 10.8 Å². The van der Waals surface area contributed by atoms with Crippen LogP contribution in [0.25, 0.3) is 0 Å². The molecule has 42 heavy (non-hydrogen) atoms. The highest BCUT2D eigenvalue weighted by Crippen LogP contribution is 2.53. The van der Waals surface area contributed by atoms with Crippen molar-refractivity contribution in [2.75, 3.05) is 79.5 Å². The second kappa shape index (κ2) is 10.2. The minimum atomic E-state index is -0.105. The number of nitrogens with one attached hydrogen (secondary N) is 1. The summed E-state index contributed by atoms with van der Waals surface area (Å²) in [4.78, 5) is 18.2. The fourth-order valence-corrected chi connectivity index (χ4v) is 10.1. The van der Waals surface area contributed by atoms with E-state index in [1.807, 2.05) is 11.8 Å². The van der Waals surface area contributed by atoms with Gasteiger partial charge in [0.1, 0.15) is 22.7 Å². The summed E-state index contributed by atoms with van der Waals surface area (Å²) in [6.45, 7) is 7.12. The first-order chi connectivity index (χ1) is 20.5. The molecule has 1 spiro atoms. The van der Waals surface area contributed by atoms with Gasteiger partial charge in [0.2, 0.25) is 0 Å². The van der Waals surface area contributed by atoms with Gasteiger partial charge in [0.25, 0.3) is 0 Å². The van der Waals surface area contributed by atoms with Crippen molar-refractivity contribution in [2.24, 2.45) is 5.41 Å². The Bertz CT molecular complexity index is 1470. The van der Waals surface area contributed by atoms with Gasteiger partial charge in [-0.1, -0.05) is 0 Å². The van der Waals surface area contributed by atoms with Gasteiger partial charge in [-0.3, -0.25) is 0 Å². The van der Waals surface area contributed by atoms with Gasteiger partial charge in [0, 0.05) is 85.1 Å². The minimum absolute atomic E-state index is 0.105. The number of ether oxygens (including phenoxy) is 1. The van der Waals surface area contributed by atoms with Crippen LogP contribution in [0.15, 0.2) is 0 Å². The molecule has 1 saturated carbocycles. The smallest absolute Gasteiger partial charge is 0.320 e. The van der Waals surface area contributed by atoms with Crippen LogP contribution in [0.3, 0.4) is 0 Å². The molecule has 0 amide bonds. The van der Waals surface area contributed by atoms with E-state index >= 15 is 0 Å². The summed E-state index contributed by atoms with van der Waals surface area (Å²) < 4.78 is 6.46. The summed E-state index contributed by atoms with van der Waals surface area (Å²) in [5.41, 5.74) is 8.63. The van der Waals surface area contributed by atoms with Gasteiger partial charge in [0.05, 0.1) is 12.2 Å². The van der Waals surface area contributed by atoms with Crippen LogP contribution in [0.4, 0.5) is 16.6 Å². The lowest BCUT2D eigenvalue weighted by molar-refractivity contribution is 0.161. The van der Waals surface area contributed by atoms with Gasteiger partial charge in [0.15, 0.2) is 11.6 Å². The second-order valence-corrected chi connectivity index (χ2v) is 15.6. The van der Waals surface area contributed by atoms with Crippen molar-refractivity contribution in [3.63, 3.8) is 0 Å². The molecule has 2 aromatic rings. The predicted molar refractivity (Wildman–Crippen MR) is 165 cm³/mol. The van der Waals surface area contributed by atoms with E-state index in [9.17, 15) is 10.5 Å². The van der Waals surface area contributed by atoms with Gasteiger partial charge in [-0.2, -0.15) is 32.3 Å². The quantitative estimate of drug-likeness (QED) is 0.484. The molecule has 4 aliphatic heterocycles. The molecule has 10 nitrogen and oxygen atoms in total. The Morgan fingerprint density at radius 2 is 1.67 bits per heavy atom. The molecule has 3 N–H and O–H groups in total. The van der Waals surface area contributed by atoms with Crippen molar-refractivity contribution in [1.29, 1.82) is 10.5 Å². The zero-order chi connectivity index (χ0) is 28.5. The highest BCUT2D eigenvalue weighted by atomic mass is 32.2. The molecule has 8 rings (SSSR count). The van der Waals surface area contributed by atoms with Gasteiger partial charge in [-0.15, -0.1) is 11.3 Å². The molecule has 2 aromatic heterocycles. The molecule has 5 fully saturated rings. The Labute approximate surface area is 255 Å². The van der Waals surface area contributed by atoms with Crippen molar-refractivity contribution in [3.8, 4) is 18.1 Å². The SMILES string of the molecule is N#Cc1c(N2CC3CCC(C2)N3)nc(OCC2(CN3CCSCC3)CC2)nc1N1CC2(CCc3sc(N)c(C#N)c32)C1. The first-order valence-corrected chi connectivity index (χ1v) is 17.3. The third-order valence-corrected chi connectivity index (χ3v) is 12.4. The van der Waals surface area contributed by atoms with E-state index in [4.69, 9.17) is 20.4 Å². The van der Waals surface area contributed by atoms with Crippen LogP contribution < -0.4 is 25.6 Å². The van der Waals surface area contributed by atoms with Gasteiger partial charge >= 0.3 is 6.01 Å². The van der Waals surface area contributed by atoms with Crippen molar-refractivity contribution < 1.29 is 4.74 Å². The third kappa shape index (κ3) is 4.50. The van der Waals surface area contributed by atoms with Crippen LogP contribution in [-0.4, -0.2) is 90.9 Å². The first kappa shape index (κ1) is 26.8. The standard InChI is InChI=1S/C30H37N9OS2/c31-11-21-24-23(42-25(21)33)3-4-30(24)16-39(17-30)27-22(12-32)26(38-13-19-1-2-20(14-38)34-19)35-28(36-27)40-18-29(5-6-29)15-37-7-9-41-10-8-37/h19-20,34H,1-10,13-18,33H2. The number of nitrogen functional groups attached to an aromatic ring is 1. The minimum Gasteiger partial charge on any atom is -0.463 e. The van der Waals surface area contributed by atoms with Gasteiger partial charge in [-0.05, 0) is 44.1 Å². The molecular formula is C30H37N9OS2. The van der Waals surface area contributed by atoms with Crippen molar-refractivity contribution >= 4 is 39.7 Å². The predicted octanol–water partition coefficient (Wildman–Crippen LogP) is 2.72. The van der Waals surface area contributed by atoms with Crippen LogP contribution in [0.2, 0.25) is 0 Å². The summed E-state index contributed by atoms with van der Waals surface area (Å²) in [6, 6.07) is 6.09. The van der Waals surface area contributed by atoms with Gasteiger partial charge in [-0.25, -0.2) is 0 Å². The van der Waals surface area contributed by atoms with Crippen molar-refractivity contribution in [1.82, 2.24) is 20.2 Å². The Balaban J connectivity index is 1.09. The third-order valence-electron chi connectivity index (χ3n) is 10.4. The molecule has 0 radical (unpaired) electrons. The van der Waals surface area contributed by atoms with Crippen LogP contribution in [-0.2, 0) is 11.8 Å². The van der Waals surface area contributed by atoms with E-state index in [2.05, 4.69) is 32.2 Å². The number of thiophene rings is 1. The lowest BCUT2D eigenvalue weighted by Gasteiger charge is -2.49. The zero-order valence-corrected chi connectivity index (χ0v) is 25.5. The number of rotatable bonds is 7. The van der Waals surface area contributed by atoms with E-state index < -0.39 is 0 Å². The lowest BCUT2D eigenvalue weighted by Crippen LogP contribution is -2.59. The maximum atomic E-state index is 10.5. The number of nitriles is 2. The summed E-state index contributed by atoms with van der Waals surface area (Å²) in [7, 11) is 0. The van der Waals surface area contributed by atoms with Crippen molar-refractivity contribution in [2.45, 2.75) is 56.0 Å². The maximum absolute atomic E-state index is 10.5. The van der Waals surface area contributed by atoms with Crippen LogP contribution in [0.5, 0.6) is 6.01 Å². The summed E-state index contributed by atoms with van der Waals surface area (Å²) in [6.07, 6.45) is 6.62. The topological polar surface area (TPSA) is 130 Å². The Hall–Kier alpha value is -2.77. The number of thioether (sulfide) groups is 1. The largest absolute Gasteiger partial charge is 0.463 e. The normalized spacial score (nSPS) is 26.9. The molecule has 6 aliphatic rings. The molecule has 0 aromatic carbocycles. The average molecular weight is 604 g/mol. The highest BCUT2D eigenvalue weighted by Gasteiger charge is 2.52. The Morgan fingerprint density at radius 3 is 2.33 bits per heavy atom. The average Bonchev–Trinajstić information content (AvgIpc) is 3.35.